The van der Waals surface area contributed by atoms with Crippen molar-refractivity contribution in [1.82, 2.24) is 9.97 Å². The fraction of sp³-hybridized carbons (Fsp3) is 0.158. The summed E-state index contributed by atoms with van der Waals surface area (Å²) < 4.78 is 0. The minimum atomic E-state index is 0.758. The molecule has 4 rings (SSSR count). The molecule has 0 bridgehead atoms. The van der Waals surface area contributed by atoms with Crippen LogP contribution in [0.4, 0.5) is 17.3 Å². The van der Waals surface area contributed by atoms with Gasteiger partial charge in [-0.05, 0) is 23.6 Å². The molecule has 2 heterocycles. The van der Waals surface area contributed by atoms with Crippen LogP contribution in [-0.2, 0) is 13.0 Å². The van der Waals surface area contributed by atoms with E-state index in [0.717, 1.165) is 31.1 Å². The van der Waals surface area contributed by atoms with Crippen LogP contribution in [0.5, 0.6) is 0 Å². The molecule has 0 saturated carbocycles. The fourth-order valence-corrected chi connectivity index (χ4v) is 2.96. The zero-order valence-electron chi connectivity index (χ0n) is 12.8. The smallest absolute Gasteiger partial charge is 0.138 e. The third-order valence-electron chi connectivity index (χ3n) is 4.13. The molecule has 0 atom stereocenters. The SMILES string of the molecule is c1ccc(CNc2cc(N3CCc4ccccc43)ncn2)cc1. The molecule has 0 saturated heterocycles. The van der Waals surface area contributed by atoms with E-state index in [0.29, 0.717) is 0 Å². The van der Waals surface area contributed by atoms with Crippen LogP contribution in [0.3, 0.4) is 0 Å². The van der Waals surface area contributed by atoms with Gasteiger partial charge >= 0.3 is 0 Å². The Labute approximate surface area is 135 Å². The van der Waals surface area contributed by atoms with Gasteiger partial charge in [-0.15, -0.1) is 0 Å². The Balaban J connectivity index is 1.53. The van der Waals surface area contributed by atoms with Gasteiger partial charge < -0.3 is 10.2 Å². The van der Waals surface area contributed by atoms with Gasteiger partial charge in [-0.25, -0.2) is 9.97 Å². The number of rotatable bonds is 4. The van der Waals surface area contributed by atoms with Crippen molar-refractivity contribution in [3.05, 3.63) is 78.1 Å². The highest BCUT2D eigenvalue weighted by atomic mass is 15.2. The molecule has 114 valence electrons. The molecule has 0 radical (unpaired) electrons. The lowest BCUT2D eigenvalue weighted by Gasteiger charge is -2.18. The summed E-state index contributed by atoms with van der Waals surface area (Å²) in [6.07, 6.45) is 2.69. The second-order valence-electron chi connectivity index (χ2n) is 5.63. The van der Waals surface area contributed by atoms with E-state index in [1.54, 1.807) is 6.33 Å². The maximum Gasteiger partial charge on any atom is 0.138 e. The third kappa shape index (κ3) is 2.88. The second-order valence-corrected chi connectivity index (χ2v) is 5.63. The van der Waals surface area contributed by atoms with Crippen LogP contribution in [0.2, 0.25) is 0 Å². The Morgan fingerprint density at radius 1 is 0.957 bits per heavy atom. The highest BCUT2D eigenvalue weighted by Crippen LogP contribution is 2.33. The summed E-state index contributed by atoms with van der Waals surface area (Å²) in [5.41, 5.74) is 3.87. The lowest BCUT2D eigenvalue weighted by molar-refractivity contribution is 0.961. The predicted molar refractivity (Wildman–Crippen MR) is 93.0 cm³/mol. The highest BCUT2D eigenvalue weighted by Gasteiger charge is 2.20. The number of nitrogens with one attached hydrogen (secondary N) is 1. The summed E-state index contributed by atoms with van der Waals surface area (Å²) in [5.74, 6) is 1.80. The van der Waals surface area contributed by atoms with Gasteiger partial charge in [0, 0.05) is 24.8 Å². The summed E-state index contributed by atoms with van der Waals surface area (Å²) in [6, 6.07) is 20.8. The van der Waals surface area contributed by atoms with Crippen LogP contribution >= 0.6 is 0 Å². The number of hydrogen-bond acceptors (Lipinski definition) is 4. The number of fused-ring (bicyclic) bond motifs is 1. The Bertz CT molecular complexity index is 801. The van der Waals surface area contributed by atoms with Gasteiger partial charge in [0.15, 0.2) is 0 Å². The van der Waals surface area contributed by atoms with Crippen molar-refractivity contribution >= 4 is 17.3 Å². The zero-order valence-corrected chi connectivity index (χ0v) is 12.8. The van der Waals surface area contributed by atoms with Crippen LogP contribution < -0.4 is 10.2 Å². The molecule has 1 aromatic heterocycles. The number of nitrogens with zero attached hydrogens (tertiary/aromatic N) is 3. The first-order valence-electron chi connectivity index (χ1n) is 7.85. The first-order valence-corrected chi connectivity index (χ1v) is 7.85. The van der Waals surface area contributed by atoms with E-state index in [1.165, 1.54) is 16.8 Å². The minimum Gasteiger partial charge on any atom is -0.366 e. The molecular weight excluding hydrogens is 284 g/mol. The topological polar surface area (TPSA) is 41.0 Å². The van der Waals surface area contributed by atoms with E-state index in [2.05, 4.69) is 56.6 Å². The molecule has 1 aliphatic heterocycles. The van der Waals surface area contributed by atoms with E-state index >= 15 is 0 Å². The van der Waals surface area contributed by atoms with Crippen molar-refractivity contribution < 1.29 is 0 Å². The van der Waals surface area contributed by atoms with Crippen molar-refractivity contribution in [2.45, 2.75) is 13.0 Å². The second kappa shape index (κ2) is 6.08. The van der Waals surface area contributed by atoms with E-state index in [4.69, 9.17) is 0 Å². The number of aromatic nitrogens is 2. The average Bonchev–Trinajstić information content (AvgIpc) is 3.05. The van der Waals surface area contributed by atoms with Gasteiger partial charge in [-0.2, -0.15) is 0 Å². The Kier molecular flexibility index (Phi) is 3.64. The van der Waals surface area contributed by atoms with E-state index < -0.39 is 0 Å². The minimum absolute atomic E-state index is 0.758. The number of hydrogen-bond donors (Lipinski definition) is 1. The maximum absolute atomic E-state index is 4.45. The van der Waals surface area contributed by atoms with Crippen molar-refractivity contribution in [3.8, 4) is 0 Å². The van der Waals surface area contributed by atoms with Crippen LogP contribution in [0.25, 0.3) is 0 Å². The van der Waals surface area contributed by atoms with Gasteiger partial charge in [-0.3, -0.25) is 0 Å². The zero-order chi connectivity index (χ0) is 15.5. The fourth-order valence-electron chi connectivity index (χ4n) is 2.96. The predicted octanol–water partition coefficient (Wildman–Crippen LogP) is 3.78. The molecule has 23 heavy (non-hydrogen) atoms. The van der Waals surface area contributed by atoms with Crippen LogP contribution in [0.15, 0.2) is 67.0 Å². The summed E-state index contributed by atoms with van der Waals surface area (Å²) in [4.78, 5) is 11.0. The van der Waals surface area contributed by atoms with E-state index in [-0.39, 0.29) is 0 Å². The number of benzene rings is 2. The average molecular weight is 302 g/mol. The first kappa shape index (κ1) is 13.8. The molecule has 0 aliphatic carbocycles. The van der Waals surface area contributed by atoms with Crippen LogP contribution in [-0.4, -0.2) is 16.5 Å². The van der Waals surface area contributed by atoms with Crippen molar-refractivity contribution in [1.29, 1.82) is 0 Å². The lowest BCUT2D eigenvalue weighted by atomic mass is 10.2. The van der Waals surface area contributed by atoms with E-state index in [9.17, 15) is 0 Å². The summed E-state index contributed by atoms with van der Waals surface area (Å²) in [7, 11) is 0. The largest absolute Gasteiger partial charge is 0.366 e. The quantitative estimate of drug-likeness (QED) is 0.796. The van der Waals surface area contributed by atoms with E-state index in [1.807, 2.05) is 24.3 Å². The van der Waals surface area contributed by atoms with Gasteiger partial charge in [0.2, 0.25) is 0 Å². The lowest BCUT2D eigenvalue weighted by Crippen LogP contribution is -2.15. The molecule has 1 N–H and O–H groups in total. The van der Waals surface area contributed by atoms with Crippen molar-refractivity contribution in [3.63, 3.8) is 0 Å². The van der Waals surface area contributed by atoms with Crippen LogP contribution in [0, 0.1) is 0 Å². The number of para-hydroxylation sites is 1. The molecule has 4 nitrogen and oxygen atoms in total. The summed E-state index contributed by atoms with van der Waals surface area (Å²) in [6.45, 7) is 1.72. The molecule has 0 amide bonds. The van der Waals surface area contributed by atoms with Gasteiger partial charge in [0.05, 0.1) is 0 Å². The molecule has 3 aromatic rings. The van der Waals surface area contributed by atoms with Crippen molar-refractivity contribution in [2.75, 3.05) is 16.8 Å². The molecule has 0 spiro atoms. The molecule has 1 aliphatic rings. The Morgan fingerprint density at radius 2 is 1.78 bits per heavy atom. The van der Waals surface area contributed by atoms with Crippen molar-refractivity contribution in [2.24, 2.45) is 0 Å². The third-order valence-corrected chi connectivity index (χ3v) is 4.13. The summed E-state index contributed by atoms with van der Waals surface area (Å²) >= 11 is 0. The molecular formula is C19H18N4. The normalized spacial score (nSPS) is 13.0. The van der Waals surface area contributed by atoms with Crippen LogP contribution in [0.1, 0.15) is 11.1 Å². The van der Waals surface area contributed by atoms with Gasteiger partial charge in [0.1, 0.15) is 18.0 Å². The Morgan fingerprint density at radius 3 is 2.70 bits per heavy atom. The molecule has 0 unspecified atom stereocenters. The maximum atomic E-state index is 4.45. The number of anilines is 3. The molecule has 0 fully saturated rings. The highest BCUT2D eigenvalue weighted by molar-refractivity contribution is 5.68. The molecule has 2 aromatic carbocycles. The summed E-state index contributed by atoms with van der Waals surface area (Å²) in [5, 5.41) is 3.37. The first-order chi connectivity index (χ1) is 11.4. The molecule has 4 heteroatoms. The Hall–Kier alpha value is -2.88. The van der Waals surface area contributed by atoms with Gasteiger partial charge in [-0.1, -0.05) is 48.5 Å². The monoisotopic (exact) mass is 302 g/mol. The standard InChI is InChI=1S/C19H18N4/c1-2-6-15(7-3-1)13-20-18-12-19(22-14-21-18)23-11-10-16-8-4-5-9-17(16)23/h1-9,12,14H,10-11,13H2,(H,20,21,22). The van der Waals surface area contributed by atoms with Gasteiger partial charge in [0.25, 0.3) is 0 Å².